The Labute approximate surface area is 139 Å². The highest BCUT2D eigenvalue weighted by atomic mass is 16.5. The van der Waals surface area contributed by atoms with Gasteiger partial charge in [-0.2, -0.15) is 0 Å². The fourth-order valence-corrected chi connectivity index (χ4v) is 2.56. The maximum Gasteiger partial charge on any atom is 0.223 e. The molecule has 5 nitrogen and oxygen atoms in total. The molecule has 1 aliphatic rings. The number of ether oxygens (including phenoxy) is 2. The second-order valence-corrected chi connectivity index (χ2v) is 6.02. The third-order valence-electron chi connectivity index (χ3n) is 4.01. The second kappa shape index (κ2) is 9.53. The van der Waals surface area contributed by atoms with Gasteiger partial charge in [0.15, 0.2) is 0 Å². The molecule has 1 aromatic carbocycles. The van der Waals surface area contributed by atoms with E-state index in [0.717, 1.165) is 62.7 Å². The first kappa shape index (κ1) is 17.8. The SMILES string of the molecule is Cc1ccc(C)c(OCCC(=O)NCCCN2CCOCC2)c1. The van der Waals surface area contributed by atoms with Crippen LogP contribution < -0.4 is 10.1 Å². The van der Waals surface area contributed by atoms with E-state index in [1.165, 1.54) is 0 Å². The van der Waals surface area contributed by atoms with Crippen LogP contribution in [0.5, 0.6) is 5.75 Å². The molecule has 1 fully saturated rings. The van der Waals surface area contributed by atoms with E-state index in [-0.39, 0.29) is 5.91 Å². The van der Waals surface area contributed by atoms with Crippen LogP contribution in [0.2, 0.25) is 0 Å². The number of benzene rings is 1. The predicted octanol–water partition coefficient (Wildman–Crippen LogP) is 1.91. The van der Waals surface area contributed by atoms with Crippen molar-refractivity contribution in [3.05, 3.63) is 29.3 Å². The molecule has 5 heteroatoms. The summed E-state index contributed by atoms with van der Waals surface area (Å²) in [6.07, 6.45) is 1.37. The zero-order chi connectivity index (χ0) is 16.5. The lowest BCUT2D eigenvalue weighted by molar-refractivity contribution is -0.121. The normalized spacial score (nSPS) is 15.4. The fraction of sp³-hybridized carbons (Fsp3) is 0.611. The monoisotopic (exact) mass is 320 g/mol. The number of carbonyl (C=O) groups excluding carboxylic acids is 1. The van der Waals surface area contributed by atoms with Crippen molar-refractivity contribution in [3.8, 4) is 5.75 Å². The van der Waals surface area contributed by atoms with Crippen molar-refractivity contribution < 1.29 is 14.3 Å². The summed E-state index contributed by atoms with van der Waals surface area (Å²) in [4.78, 5) is 14.2. The third kappa shape index (κ3) is 6.59. The van der Waals surface area contributed by atoms with Crippen LogP contribution in [0.4, 0.5) is 0 Å². The van der Waals surface area contributed by atoms with E-state index < -0.39 is 0 Å². The number of amides is 1. The van der Waals surface area contributed by atoms with Crippen LogP contribution in [0.3, 0.4) is 0 Å². The van der Waals surface area contributed by atoms with Gasteiger partial charge in [0.1, 0.15) is 5.75 Å². The summed E-state index contributed by atoms with van der Waals surface area (Å²) in [5, 5.41) is 2.96. The maximum atomic E-state index is 11.8. The Morgan fingerprint density at radius 2 is 2.09 bits per heavy atom. The van der Waals surface area contributed by atoms with Gasteiger partial charge in [-0.15, -0.1) is 0 Å². The van der Waals surface area contributed by atoms with Gasteiger partial charge in [-0.1, -0.05) is 12.1 Å². The number of carbonyl (C=O) groups is 1. The molecule has 0 spiro atoms. The number of nitrogens with one attached hydrogen (secondary N) is 1. The van der Waals surface area contributed by atoms with Crippen LogP contribution in [0.15, 0.2) is 18.2 Å². The Hall–Kier alpha value is -1.59. The highest BCUT2D eigenvalue weighted by Gasteiger charge is 2.09. The number of aryl methyl sites for hydroxylation is 2. The first-order valence-electron chi connectivity index (χ1n) is 8.42. The molecule has 0 saturated carbocycles. The molecule has 1 aliphatic heterocycles. The average Bonchev–Trinajstić information content (AvgIpc) is 2.56. The number of morpholine rings is 1. The number of hydrogen-bond donors (Lipinski definition) is 1. The summed E-state index contributed by atoms with van der Waals surface area (Å²) in [5.74, 6) is 0.919. The van der Waals surface area contributed by atoms with E-state index in [4.69, 9.17) is 9.47 Å². The van der Waals surface area contributed by atoms with Gasteiger partial charge >= 0.3 is 0 Å². The molecule has 1 saturated heterocycles. The molecule has 1 amide bonds. The third-order valence-corrected chi connectivity index (χ3v) is 4.01. The summed E-state index contributed by atoms with van der Waals surface area (Å²) in [5.41, 5.74) is 2.26. The van der Waals surface area contributed by atoms with Crippen molar-refractivity contribution in [1.29, 1.82) is 0 Å². The zero-order valence-corrected chi connectivity index (χ0v) is 14.3. The van der Waals surface area contributed by atoms with Crippen molar-refractivity contribution >= 4 is 5.91 Å². The lowest BCUT2D eigenvalue weighted by Crippen LogP contribution is -2.38. The summed E-state index contributed by atoms with van der Waals surface area (Å²) >= 11 is 0. The average molecular weight is 320 g/mol. The largest absolute Gasteiger partial charge is 0.493 e. The lowest BCUT2D eigenvalue weighted by atomic mass is 10.1. The summed E-state index contributed by atoms with van der Waals surface area (Å²) < 4.78 is 11.0. The quantitative estimate of drug-likeness (QED) is 0.744. The molecule has 0 radical (unpaired) electrons. The van der Waals surface area contributed by atoms with E-state index in [1.54, 1.807) is 0 Å². The van der Waals surface area contributed by atoms with Crippen molar-refractivity contribution in [2.75, 3.05) is 46.0 Å². The van der Waals surface area contributed by atoms with Crippen molar-refractivity contribution in [2.24, 2.45) is 0 Å². The second-order valence-electron chi connectivity index (χ2n) is 6.02. The Kier molecular flexibility index (Phi) is 7.36. The highest BCUT2D eigenvalue weighted by Crippen LogP contribution is 2.19. The van der Waals surface area contributed by atoms with E-state index in [0.29, 0.717) is 13.0 Å². The summed E-state index contributed by atoms with van der Waals surface area (Å²) in [7, 11) is 0. The molecule has 1 aromatic rings. The topological polar surface area (TPSA) is 50.8 Å². The molecule has 0 aromatic heterocycles. The first-order valence-corrected chi connectivity index (χ1v) is 8.42. The van der Waals surface area contributed by atoms with Crippen molar-refractivity contribution in [1.82, 2.24) is 10.2 Å². The molecule has 128 valence electrons. The van der Waals surface area contributed by atoms with E-state index in [1.807, 2.05) is 26.0 Å². The van der Waals surface area contributed by atoms with Crippen LogP contribution >= 0.6 is 0 Å². The van der Waals surface area contributed by atoms with Gasteiger partial charge in [-0.05, 0) is 44.0 Å². The Balaban J connectivity index is 1.55. The van der Waals surface area contributed by atoms with Crippen LogP contribution in [0.1, 0.15) is 24.0 Å². The van der Waals surface area contributed by atoms with Gasteiger partial charge < -0.3 is 14.8 Å². The van der Waals surface area contributed by atoms with E-state index in [9.17, 15) is 4.79 Å². The molecule has 0 bridgehead atoms. The van der Waals surface area contributed by atoms with Crippen molar-refractivity contribution in [3.63, 3.8) is 0 Å². The minimum Gasteiger partial charge on any atom is -0.493 e. The zero-order valence-electron chi connectivity index (χ0n) is 14.3. The standard InChI is InChI=1S/C18H28N2O3/c1-15-4-5-16(2)17(14-15)23-11-6-18(21)19-7-3-8-20-9-12-22-13-10-20/h4-5,14H,3,6-13H2,1-2H3,(H,19,21). The first-order chi connectivity index (χ1) is 11.1. The number of hydrogen-bond acceptors (Lipinski definition) is 4. The minimum atomic E-state index is 0.0530. The molecule has 0 unspecified atom stereocenters. The Bertz CT molecular complexity index is 499. The molecule has 0 atom stereocenters. The van der Waals surface area contributed by atoms with Gasteiger partial charge in [0.25, 0.3) is 0 Å². The van der Waals surface area contributed by atoms with Gasteiger partial charge in [0, 0.05) is 19.6 Å². The van der Waals surface area contributed by atoms with E-state index >= 15 is 0 Å². The number of nitrogens with zero attached hydrogens (tertiary/aromatic N) is 1. The summed E-state index contributed by atoms with van der Waals surface area (Å²) in [6.45, 7) is 9.84. The lowest BCUT2D eigenvalue weighted by Gasteiger charge is -2.26. The maximum absolute atomic E-state index is 11.8. The van der Waals surface area contributed by atoms with Crippen LogP contribution in [0, 0.1) is 13.8 Å². The van der Waals surface area contributed by atoms with Crippen molar-refractivity contribution in [2.45, 2.75) is 26.7 Å². The van der Waals surface area contributed by atoms with E-state index in [2.05, 4.69) is 16.3 Å². The van der Waals surface area contributed by atoms with Gasteiger partial charge in [0.2, 0.25) is 5.91 Å². The molecule has 23 heavy (non-hydrogen) atoms. The van der Waals surface area contributed by atoms with Crippen LogP contribution in [-0.2, 0) is 9.53 Å². The molecular formula is C18H28N2O3. The molecule has 1 N–H and O–H groups in total. The predicted molar refractivity (Wildman–Crippen MR) is 90.9 cm³/mol. The van der Waals surface area contributed by atoms with Crippen LogP contribution in [0.25, 0.3) is 0 Å². The summed E-state index contributed by atoms with van der Waals surface area (Å²) in [6, 6.07) is 6.11. The minimum absolute atomic E-state index is 0.0530. The smallest absolute Gasteiger partial charge is 0.223 e. The van der Waals surface area contributed by atoms with Crippen LogP contribution in [-0.4, -0.2) is 56.8 Å². The Morgan fingerprint density at radius 3 is 2.87 bits per heavy atom. The molecule has 0 aliphatic carbocycles. The van der Waals surface area contributed by atoms with Gasteiger partial charge in [-0.3, -0.25) is 9.69 Å². The number of rotatable bonds is 8. The molecule has 1 heterocycles. The Morgan fingerprint density at radius 1 is 1.30 bits per heavy atom. The van der Waals surface area contributed by atoms with Gasteiger partial charge in [-0.25, -0.2) is 0 Å². The molecular weight excluding hydrogens is 292 g/mol. The molecule has 2 rings (SSSR count). The highest BCUT2D eigenvalue weighted by molar-refractivity contribution is 5.75. The fourth-order valence-electron chi connectivity index (χ4n) is 2.56. The van der Waals surface area contributed by atoms with Gasteiger partial charge in [0.05, 0.1) is 26.2 Å².